The van der Waals surface area contributed by atoms with Gasteiger partial charge >= 0.3 is 0 Å². The molecule has 0 aliphatic carbocycles. The molecule has 0 amide bonds. The average molecular weight is 292 g/mol. The van der Waals surface area contributed by atoms with E-state index in [2.05, 4.69) is 35.8 Å². The van der Waals surface area contributed by atoms with Gasteiger partial charge in [0, 0.05) is 25.1 Å². The van der Waals surface area contributed by atoms with Crippen LogP contribution in [0.5, 0.6) is 0 Å². The summed E-state index contributed by atoms with van der Waals surface area (Å²) in [5.41, 5.74) is 7.13. The van der Waals surface area contributed by atoms with Crippen LogP contribution >= 0.6 is 0 Å². The Morgan fingerprint density at radius 3 is 2.95 bits per heavy atom. The molecule has 5 nitrogen and oxygen atoms in total. The molecule has 1 aliphatic heterocycles. The van der Waals surface area contributed by atoms with Gasteiger partial charge in [0.2, 0.25) is 0 Å². The number of hydrogen-bond acceptors (Lipinski definition) is 3. The van der Waals surface area contributed by atoms with E-state index in [1.54, 1.807) is 0 Å². The van der Waals surface area contributed by atoms with Gasteiger partial charge in [-0.25, -0.2) is 4.99 Å². The first-order chi connectivity index (χ1) is 10.1. The van der Waals surface area contributed by atoms with Gasteiger partial charge in [0.05, 0.1) is 5.69 Å². The topological polar surface area (TPSA) is 67.7 Å². The second kappa shape index (κ2) is 7.48. The fourth-order valence-corrected chi connectivity index (χ4v) is 2.96. The zero-order valence-corrected chi connectivity index (χ0v) is 13.5. The lowest BCUT2D eigenvalue weighted by atomic mass is 9.99. The van der Waals surface area contributed by atoms with E-state index in [4.69, 9.17) is 10.3 Å². The van der Waals surface area contributed by atoms with E-state index in [1.807, 2.05) is 6.07 Å². The summed E-state index contributed by atoms with van der Waals surface area (Å²) >= 11 is 0. The van der Waals surface area contributed by atoms with Crippen LogP contribution in [0.1, 0.15) is 63.8 Å². The molecule has 1 fully saturated rings. The third-order valence-corrected chi connectivity index (χ3v) is 4.36. The molecule has 0 aromatic carbocycles. The molecule has 0 saturated carbocycles. The highest BCUT2D eigenvalue weighted by Gasteiger charge is 2.18. The maximum atomic E-state index is 6.09. The third kappa shape index (κ3) is 4.22. The predicted molar refractivity (Wildman–Crippen MR) is 85.1 cm³/mol. The normalized spacial score (nSPS) is 20.3. The summed E-state index contributed by atoms with van der Waals surface area (Å²) in [4.78, 5) is 6.64. The Labute approximate surface area is 127 Å². The lowest BCUT2D eigenvalue weighted by Gasteiger charge is -2.31. The van der Waals surface area contributed by atoms with E-state index >= 15 is 0 Å². The number of rotatable bonds is 5. The Hall–Kier alpha value is -1.52. The maximum Gasteiger partial charge on any atom is 0.191 e. The van der Waals surface area contributed by atoms with Crippen LogP contribution < -0.4 is 5.73 Å². The molecule has 1 atom stereocenters. The van der Waals surface area contributed by atoms with Crippen LogP contribution in [0, 0.1) is 5.92 Å². The van der Waals surface area contributed by atoms with Crippen LogP contribution in [0.4, 0.5) is 0 Å². The van der Waals surface area contributed by atoms with Crippen LogP contribution in [0.2, 0.25) is 0 Å². The Morgan fingerprint density at radius 2 is 2.29 bits per heavy atom. The molecule has 5 heteroatoms. The van der Waals surface area contributed by atoms with Gasteiger partial charge < -0.3 is 15.2 Å². The molecule has 118 valence electrons. The molecule has 1 saturated heterocycles. The summed E-state index contributed by atoms with van der Waals surface area (Å²) in [7, 11) is 0. The van der Waals surface area contributed by atoms with E-state index in [1.165, 1.54) is 12.8 Å². The van der Waals surface area contributed by atoms with Crippen molar-refractivity contribution in [1.29, 1.82) is 0 Å². The summed E-state index contributed by atoms with van der Waals surface area (Å²) in [6, 6.07) is 2.02. The fraction of sp³-hybridized carbons (Fsp3) is 0.750. The number of hydrogen-bond donors (Lipinski definition) is 1. The SMILES string of the molecule is CCC(CC)c1cc(CN=C(N)N2CCCC(C)C2)on1. The molecule has 21 heavy (non-hydrogen) atoms. The molecular weight excluding hydrogens is 264 g/mol. The Kier molecular flexibility index (Phi) is 5.65. The Balaban J connectivity index is 1.93. The van der Waals surface area contributed by atoms with Crippen molar-refractivity contribution in [2.45, 2.75) is 58.9 Å². The van der Waals surface area contributed by atoms with Crippen LogP contribution in [-0.2, 0) is 6.54 Å². The lowest BCUT2D eigenvalue weighted by molar-refractivity contribution is 0.270. The molecule has 0 bridgehead atoms. The van der Waals surface area contributed by atoms with Crippen molar-refractivity contribution in [3.63, 3.8) is 0 Å². The van der Waals surface area contributed by atoms with Crippen LogP contribution in [0.25, 0.3) is 0 Å². The number of nitrogens with two attached hydrogens (primary N) is 1. The molecule has 1 unspecified atom stereocenters. The molecule has 2 heterocycles. The first-order valence-electron chi connectivity index (χ1n) is 8.14. The molecule has 2 N–H and O–H groups in total. The first kappa shape index (κ1) is 15.9. The quantitative estimate of drug-likeness (QED) is 0.669. The summed E-state index contributed by atoms with van der Waals surface area (Å²) in [5.74, 6) is 2.60. The minimum Gasteiger partial charge on any atom is -0.370 e. The molecule has 0 radical (unpaired) electrons. The number of likely N-dealkylation sites (tertiary alicyclic amines) is 1. The average Bonchev–Trinajstić information content (AvgIpc) is 2.95. The van der Waals surface area contributed by atoms with Gasteiger partial charge in [-0.15, -0.1) is 0 Å². The van der Waals surface area contributed by atoms with E-state index in [9.17, 15) is 0 Å². The van der Waals surface area contributed by atoms with Crippen molar-refractivity contribution in [2.24, 2.45) is 16.6 Å². The Bertz CT molecular complexity index is 465. The van der Waals surface area contributed by atoms with Gasteiger partial charge in [0.25, 0.3) is 0 Å². The van der Waals surface area contributed by atoms with Gasteiger partial charge in [-0.2, -0.15) is 0 Å². The van der Waals surface area contributed by atoms with Crippen LogP contribution in [0.15, 0.2) is 15.6 Å². The highest BCUT2D eigenvalue weighted by molar-refractivity contribution is 5.78. The second-order valence-electron chi connectivity index (χ2n) is 6.10. The number of aliphatic imine (C=N–C) groups is 1. The maximum absolute atomic E-state index is 6.09. The van der Waals surface area contributed by atoms with Crippen molar-refractivity contribution in [2.75, 3.05) is 13.1 Å². The highest BCUT2D eigenvalue weighted by Crippen LogP contribution is 2.22. The van der Waals surface area contributed by atoms with Gasteiger partial charge in [-0.05, 0) is 31.6 Å². The standard InChI is InChI=1S/C16H28N4O/c1-4-13(5-2)15-9-14(21-19-15)10-18-16(17)20-8-6-7-12(3)11-20/h9,12-13H,4-8,10-11H2,1-3H3,(H2,17,18). The van der Waals surface area contributed by atoms with E-state index in [0.717, 1.165) is 37.4 Å². The van der Waals surface area contributed by atoms with Crippen molar-refractivity contribution in [3.05, 3.63) is 17.5 Å². The minimum absolute atomic E-state index is 0.476. The van der Waals surface area contributed by atoms with Crippen molar-refractivity contribution >= 4 is 5.96 Å². The van der Waals surface area contributed by atoms with E-state index in [-0.39, 0.29) is 0 Å². The number of piperidine rings is 1. The number of nitrogens with zero attached hydrogens (tertiary/aromatic N) is 3. The monoisotopic (exact) mass is 292 g/mol. The van der Waals surface area contributed by atoms with Crippen LogP contribution in [0.3, 0.4) is 0 Å². The molecule has 0 spiro atoms. The zero-order chi connectivity index (χ0) is 15.2. The summed E-state index contributed by atoms with van der Waals surface area (Å²) in [6.07, 6.45) is 4.64. The van der Waals surface area contributed by atoms with Gasteiger partial charge in [-0.1, -0.05) is 25.9 Å². The molecule has 1 aromatic heterocycles. The minimum atomic E-state index is 0.476. The van der Waals surface area contributed by atoms with Crippen molar-refractivity contribution in [1.82, 2.24) is 10.1 Å². The van der Waals surface area contributed by atoms with Gasteiger partial charge in [0.1, 0.15) is 6.54 Å². The summed E-state index contributed by atoms with van der Waals surface area (Å²) < 4.78 is 5.38. The lowest BCUT2D eigenvalue weighted by Crippen LogP contribution is -2.43. The summed E-state index contributed by atoms with van der Waals surface area (Å²) in [6.45, 7) is 9.10. The van der Waals surface area contributed by atoms with E-state index in [0.29, 0.717) is 24.3 Å². The predicted octanol–water partition coefficient (Wildman–Crippen LogP) is 3.12. The highest BCUT2D eigenvalue weighted by atomic mass is 16.5. The van der Waals surface area contributed by atoms with Gasteiger partial charge in [0.15, 0.2) is 11.7 Å². The largest absolute Gasteiger partial charge is 0.370 e. The summed E-state index contributed by atoms with van der Waals surface area (Å²) in [5, 5.41) is 4.16. The van der Waals surface area contributed by atoms with Crippen molar-refractivity contribution in [3.8, 4) is 0 Å². The number of aromatic nitrogens is 1. The fourth-order valence-electron chi connectivity index (χ4n) is 2.96. The molecular formula is C16H28N4O. The first-order valence-corrected chi connectivity index (χ1v) is 8.14. The zero-order valence-electron chi connectivity index (χ0n) is 13.5. The van der Waals surface area contributed by atoms with Crippen LogP contribution in [-0.4, -0.2) is 29.1 Å². The molecule has 1 aromatic rings. The van der Waals surface area contributed by atoms with Gasteiger partial charge in [-0.3, -0.25) is 0 Å². The molecule has 2 rings (SSSR count). The smallest absolute Gasteiger partial charge is 0.191 e. The molecule has 1 aliphatic rings. The Morgan fingerprint density at radius 1 is 1.52 bits per heavy atom. The van der Waals surface area contributed by atoms with Crippen molar-refractivity contribution < 1.29 is 4.52 Å². The second-order valence-corrected chi connectivity index (χ2v) is 6.10. The van der Waals surface area contributed by atoms with E-state index < -0.39 is 0 Å². The number of guanidine groups is 1. The third-order valence-electron chi connectivity index (χ3n) is 4.36.